The second-order valence-corrected chi connectivity index (χ2v) is 7.33. The molecule has 0 bridgehead atoms. The van der Waals surface area contributed by atoms with Gasteiger partial charge in [-0.1, -0.05) is 23.2 Å². The van der Waals surface area contributed by atoms with Crippen LogP contribution in [0.4, 0.5) is 11.4 Å². The van der Waals surface area contributed by atoms with Crippen molar-refractivity contribution in [3.05, 3.63) is 57.6 Å². The quantitative estimate of drug-likeness (QED) is 0.567. The highest BCUT2D eigenvalue weighted by Gasteiger charge is 2.15. The van der Waals surface area contributed by atoms with Gasteiger partial charge in [-0.2, -0.15) is 0 Å². The number of hydrogen-bond acceptors (Lipinski definition) is 4. The molecule has 2 aromatic carbocycles. The lowest BCUT2D eigenvalue weighted by Crippen LogP contribution is -2.27. The molecule has 0 unspecified atom stereocenters. The highest BCUT2D eigenvalue weighted by molar-refractivity contribution is 6.42. The SMILES string of the molecule is CCOCCCNC(=O)c1cc(NC(=O)c2ccc(Cl)c(Cl)c2)ccc1N(C)C. The molecule has 0 atom stereocenters. The largest absolute Gasteiger partial charge is 0.382 e. The first-order chi connectivity index (χ1) is 13.8. The summed E-state index contributed by atoms with van der Waals surface area (Å²) in [4.78, 5) is 27.0. The van der Waals surface area contributed by atoms with Crippen LogP contribution in [-0.4, -0.2) is 45.7 Å². The summed E-state index contributed by atoms with van der Waals surface area (Å²) in [6, 6.07) is 9.84. The average molecular weight is 438 g/mol. The van der Waals surface area contributed by atoms with Gasteiger partial charge in [0.25, 0.3) is 11.8 Å². The van der Waals surface area contributed by atoms with Gasteiger partial charge in [0.05, 0.1) is 15.6 Å². The van der Waals surface area contributed by atoms with Gasteiger partial charge in [-0.05, 0) is 49.7 Å². The summed E-state index contributed by atoms with van der Waals surface area (Å²) in [7, 11) is 3.71. The van der Waals surface area contributed by atoms with E-state index in [0.717, 1.165) is 12.1 Å². The third kappa shape index (κ3) is 6.63. The van der Waals surface area contributed by atoms with Gasteiger partial charge < -0.3 is 20.3 Å². The zero-order valence-corrected chi connectivity index (χ0v) is 18.2. The van der Waals surface area contributed by atoms with Gasteiger partial charge in [-0.3, -0.25) is 9.59 Å². The second kappa shape index (κ2) is 11.0. The molecule has 0 aromatic heterocycles. The van der Waals surface area contributed by atoms with Gasteiger partial charge in [0.2, 0.25) is 0 Å². The van der Waals surface area contributed by atoms with Gasteiger partial charge >= 0.3 is 0 Å². The van der Waals surface area contributed by atoms with Crippen LogP contribution in [0.3, 0.4) is 0 Å². The zero-order chi connectivity index (χ0) is 21.4. The van der Waals surface area contributed by atoms with Gasteiger partial charge in [0.1, 0.15) is 0 Å². The molecule has 2 N–H and O–H groups in total. The minimum absolute atomic E-state index is 0.212. The van der Waals surface area contributed by atoms with Crippen LogP contribution in [0.2, 0.25) is 10.0 Å². The van der Waals surface area contributed by atoms with E-state index in [0.29, 0.717) is 46.6 Å². The molecule has 0 aliphatic rings. The molecule has 2 aromatic rings. The number of hydrogen-bond donors (Lipinski definition) is 2. The number of ether oxygens (including phenoxy) is 1. The van der Waals surface area contributed by atoms with Crippen molar-refractivity contribution in [2.24, 2.45) is 0 Å². The Morgan fingerprint density at radius 3 is 2.45 bits per heavy atom. The summed E-state index contributed by atoms with van der Waals surface area (Å²) < 4.78 is 5.28. The van der Waals surface area contributed by atoms with E-state index < -0.39 is 0 Å². The fraction of sp³-hybridized carbons (Fsp3) is 0.333. The monoisotopic (exact) mass is 437 g/mol. The average Bonchev–Trinajstić information content (AvgIpc) is 2.69. The second-order valence-electron chi connectivity index (χ2n) is 6.52. The van der Waals surface area contributed by atoms with Crippen LogP contribution >= 0.6 is 23.2 Å². The van der Waals surface area contributed by atoms with E-state index in [2.05, 4.69) is 10.6 Å². The van der Waals surface area contributed by atoms with E-state index in [9.17, 15) is 9.59 Å². The Morgan fingerprint density at radius 1 is 1.03 bits per heavy atom. The van der Waals surface area contributed by atoms with E-state index in [-0.39, 0.29) is 11.8 Å². The maximum absolute atomic E-state index is 12.7. The van der Waals surface area contributed by atoms with E-state index in [4.69, 9.17) is 27.9 Å². The summed E-state index contributed by atoms with van der Waals surface area (Å²) in [5.41, 5.74) is 2.10. The maximum atomic E-state index is 12.7. The van der Waals surface area contributed by atoms with Gasteiger partial charge in [-0.25, -0.2) is 0 Å². The molecule has 0 radical (unpaired) electrons. The Labute approximate surface area is 181 Å². The molecule has 0 saturated carbocycles. The Hall–Kier alpha value is -2.28. The molecular formula is C21H25Cl2N3O3. The summed E-state index contributed by atoms with van der Waals surface area (Å²) >= 11 is 11.9. The Kier molecular flexibility index (Phi) is 8.76. The standard InChI is InChI=1S/C21H25Cl2N3O3/c1-4-29-11-5-10-24-21(28)16-13-15(7-9-19(16)26(2)3)25-20(27)14-6-8-17(22)18(23)12-14/h6-9,12-13H,4-5,10-11H2,1-3H3,(H,24,28)(H,25,27). The molecule has 2 amide bonds. The van der Waals surface area contributed by atoms with Crippen molar-refractivity contribution in [1.82, 2.24) is 5.32 Å². The number of carbonyl (C=O) groups is 2. The number of nitrogens with zero attached hydrogens (tertiary/aromatic N) is 1. The molecule has 0 aliphatic carbocycles. The number of nitrogens with one attached hydrogen (secondary N) is 2. The van der Waals surface area contributed by atoms with Crippen LogP contribution in [0.25, 0.3) is 0 Å². The van der Waals surface area contributed by atoms with E-state index in [1.54, 1.807) is 30.3 Å². The third-order valence-corrected chi connectivity index (χ3v) is 4.86. The van der Waals surface area contributed by atoms with Crippen LogP contribution in [-0.2, 0) is 4.74 Å². The first-order valence-corrected chi connectivity index (χ1v) is 10.0. The minimum atomic E-state index is -0.343. The molecule has 2 rings (SSSR count). The molecular weight excluding hydrogens is 413 g/mol. The van der Waals surface area contributed by atoms with Crippen LogP contribution < -0.4 is 15.5 Å². The number of rotatable bonds is 9. The lowest BCUT2D eigenvalue weighted by molar-refractivity contribution is 0.0943. The van der Waals surface area contributed by atoms with Crippen LogP contribution in [0.5, 0.6) is 0 Å². The number of halogens is 2. The molecule has 6 nitrogen and oxygen atoms in total. The Morgan fingerprint density at radius 2 is 1.79 bits per heavy atom. The lowest BCUT2D eigenvalue weighted by atomic mass is 10.1. The number of amides is 2. The van der Waals surface area contributed by atoms with Crippen molar-refractivity contribution in [1.29, 1.82) is 0 Å². The minimum Gasteiger partial charge on any atom is -0.382 e. The smallest absolute Gasteiger partial charge is 0.255 e. The molecule has 29 heavy (non-hydrogen) atoms. The van der Waals surface area contributed by atoms with Gasteiger partial charge in [-0.15, -0.1) is 0 Å². The molecule has 0 heterocycles. The van der Waals surface area contributed by atoms with Crippen molar-refractivity contribution in [2.45, 2.75) is 13.3 Å². The predicted octanol–water partition coefficient (Wildman–Crippen LogP) is 4.47. The fourth-order valence-electron chi connectivity index (χ4n) is 2.64. The number of benzene rings is 2. The normalized spacial score (nSPS) is 10.5. The van der Waals surface area contributed by atoms with Crippen LogP contribution in [0.15, 0.2) is 36.4 Å². The Bertz CT molecular complexity index is 872. The molecule has 156 valence electrons. The molecule has 0 aliphatic heterocycles. The number of carbonyl (C=O) groups excluding carboxylic acids is 2. The van der Waals surface area contributed by atoms with Crippen LogP contribution in [0.1, 0.15) is 34.1 Å². The van der Waals surface area contributed by atoms with Crippen molar-refractivity contribution in [3.63, 3.8) is 0 Å². The molecule has 0 saturated heterocycles. The van der Waals surface area contributed by atoms with Crippen molar-refractivity contribution < 1.29 is 14.3 Å². The highest BCUT2D eigenvalue weighted by atomic mass is 35.5. The summed E-state index contributed by atoms with van der Waals surface area (Å²) in [5, 5.41) is 6.36. The summed E-state index contributed by atoms with van der Waals surface area (Å²) in [5.74, 6) is -0.555. The lowest BCUT2D eigenvalue weighted by Gasteiger charge is -2.18. The first-order valence-electron chi connectivity index (χ1n) is 9.27. The topological polar surface area (TPSA) is 70.7 Å². The number of anilines is 2. The summed E-state index contributed by atoms with van der Waals surface area (Å²) in [6.45, 7) is 3.68. The van der Waals surface area contributed by atoms with E-state index in [1.807, 2.05) is 25.9 Å². The Balaban J connectivity index is 2.15. The fourth-order valence-corrected chi connectivity index (χ4v) is 2.94. The molecule has 8 heteroatoms. The van der Waals surface area contributed by atoms with Gasteiger partial charge in [0, 0.05) is 50.8 Å². The summed E-state index contributed by atoms with van der Waals surface area (Å²) in [6.07, 6.45) is 0.727. The van der Waals surface area contributed by atoms with Crippen molar-refractivity contribution >= 4 is 46.4 Å². The zero-order valence-electron chi connectivity index (χ0n) is 16.7. The van der Waals surface area contributed by atoms with E-state index in [1.165, 1.54) is 6.07 Å². The first kappa shape index (κ1) is 23.0. The van der Waals surface area contributed by atoms with Crippen molar-refractivity contribution in [3.8, 4) is 0 Å². The molecule has 0 spiro atoms. The highest BCUT2D eigenvalue weighted by Crippen LogP contribution is 2.25. The van der Waals surface area contributed by atoms with E-state index >= 15 is 0 Å². The van der Waals surface area contributed by atoms with Crippen molar-refractivity contribution in [2.75, 3.05) is 44.1 Å². The third-order valence-electron chi connectivity index (χ3n) is 4.12. The van der Waals surface area contributed by atoms with Crippen LogP contribution in [0, 0.1) is 0 Å². The molecule has 0 fully saturated rings. The maximum Gasteiger partial charge on any atom is 0.255 e. The van der Waals surface area contributed by atoms with Gasteiger partial charge in [0.15, 0.2) is 0 Å². The predicted molar refractivity (Wildman–Crippen MR) is 119 cm³/mol.